The van der Waals surface area contributed by atoms with Gasteiger partial charge in [-0.05, 0) is 12.1 Å². The van der Waals surface area contributed by atoms with Crippen LogP contribution in [0, 0.1) is 0 Å². The molecule has 3 rings (SSSR count). The monoisotopic (exact) mass is 465 g/mol. The third-order valence-corrected chi connectivity index (χ3v) is 4.49. The predicted molar refractivity (Wildman–Crippen MR) is 114 cm³/mol. The number of ether oxygens (including phenoxy) is 3. The van der Waals surface area contributed by atoms with Crippen LogP contribution in [0.25, 0.3) is 0 Å². The van der Waals surface area contributed by atoms with Crippen molar-refractivity contribution in [2.75, 3.05) is 25.1 Å². The Morgan fingerprint density at radius 3 is 2.88 bits per heavy atom. The van der Waals surface area contributed by atoms with Gasteiger partial charge in [0.15, 0.2) is 17.3 Å². The van der Waals surface area contributed by atoms with Crippen molar-refractivity contribution in [3.63, 3.8) is 0 Å². The van der Waals surface area contributed by atoms with E-state index in [1.807, 2.05) is 0 Å². The van der Waals surface area contributed by atoms with Crippen molar-refractivity contribution in [1.29, 1.82) is 0 Å². The number of aromatic nitrogens is 2. The number of nitrogens with one attached hydrogen (secondary N) is 2. The van der Waals surface area contributed by atoms with Crippen LogP contribution in [-0.4, -0.2) is 58.0 Å². The van der Waals surface area contributed by atoms with Crippen LogP contribution in [-0.2, 0) is 21.2 Å². The van der Waals surface area contributed by atoms with Crippen LogP contribution in [0.3, 0.4) is 0 Å². The van der Waals surface area contributed by atoms with E-state index < -0.39 is 17.9 Å². The summed E-state index contributed by atoms with van der Waals surface area (Å²) < 4.78 is 18.2. The highest BCUT2D eigenvalue weighted by molar-refractivity contribution is 5.77. The third kappa shape index (κ3) is 5.97. The summed E-state index contributed by atoms with van der Waals surface area (Å²) in [4.78, 5) is 27.5. The first-order valence-corrected chi connectivity index (χ1v) is 9.71. The van der Waals surface area contributed by atoms with Crippen LogP contribution < -0.4 is 36.9 Å². The number of hydrogen-bond donors (Lipinski definition) is 6. The molecule has 2 aromatic rings. The molecular formula is C19H25N6O8+. The summed E-state index contributed by atoms with van der Waals surface area (Å²) in [7, 11) is 0. The van der Waals surface area contributed by atoms with Gasteiger partial charge >= 0.3 is 11.6 Å². The van der Waals surface area contributed by atoms with Gasteiger partial charge in [0.05, 0.1) is 12.7 Å². The average Bonchev–Trinajstić information content (AvgIpc) is 2.80. The minimum Gasteiger partial charge on any atom is -0.488 e. The lowest BCUT2D eigenvalue weighted by Crippen LogP contribution is -2.79. The standard InChI is InChI=1S/C19H24N6O8/c1-2-11(33-28)15(9-31-27)30-10-25-8-14-17(24-19(25)26)23-16-12(4-3-5-13(16)32-14)29-7-6-22-18(20)21/h2-5,8,11,15,27-28H,1,6-7,9-10H2,(H4,20,21,22)(H,23,24,26)/p+1/t11?,15-/m1/s1. The Labute approximate surface area is 187 Å². The molecule has 1 aromatic carbocycles. The van der Waals surface area contributed by atoms with Gasteiger partial charge in [-0.3, -0.25) is 31.5 Å². The third-order valence-electron chi connectivity index (χ3n) is 4.49. The van der Waals surface area contributed by atoms with Gasteiger partial charge in [-0.1, -0.05) is 12.1 Å². The molecule has 14 heteroatoms. The fourth-order valence-electron chi connectivity index (χ4n) is 2.91. The number of rotatable bonds is 12. The highest BCUT2D eigenvalue weighted by Crippen LogP contribution is 2.44. The zero-order valence-electron chi connectivity index (χ0n) is 17.5. The topological polar surface area (TPSA) is 200 Å². The molecule has 0 saturated heterocycles. The maximum atomic E-state index is 12.5. The molecule has 1 aromatic heterocycles. The van der Waals surface area contributed by atoms with E-state index in [9.17, 15) is 4.79 Å². The maximum Gasteiger partial charge on any atom is 0.351 e. The van der Waals surface area contributed by atoms with Crippen molar-refractivity contribution in [2.24, 2.45) is 11.5 Å². The molecule has 0 aliphatic carbocycles. The van der Waals surface area contributed by atoms with Crippen molar-refractivity contribution in [2.45, 2.75) is 18.9 Å². The van der Waals surface area contributed by atoms with Crippen molar-refractivity contribution >= 4 is 17.5 Å². The van der Waals surface area contributed by atoms with Gasteiger partial charge in [-0.15, -0.1) is 6.58 Å². The van der Waals surface area contributed by atoms with E-state index in [0.717, 1.165) is 4.57 Å². The Bertz CT molecular complexity index is 1060. The number of nitrogens with two attached hydrogens (primary N) is 2. The van der Waals surface area contributed by atoms with Crippen LogP contribution in [0.4, 0.5) is 11.5 Å². The normalized spacial score (nSPS) is 13.5. The van der Waals surface area contributed by atoms with E-state index in [1.54, 1.807) is 18.2 Å². The Morgan fingerprint density at radius 2 is 2.18 bits per heavy atom. The number of fused-ring (bicyclic) bond motifs is 2. The van der Waals surface area contributed by atoms with E-state index in [-0.39, 0.29) is 37.5 Å². The first-order valence-electron chi connectivity index (χ1n) is 9.71. The largest absolute Gasteiger partial charge is 0.488 e. The Balaban J connectivity index is 1.74. The molecule has 33 heavy (non-hydrogen) atoms. The van der Waals surface area contributed by atoms with Crippen molar-refractivity contribution in [1.82, 2.24) is 9.55 Å². The highest BCUT2D eigenvalue weighted by Gasteiger charge is 2.25. The lowest BCUT2D eigenvalue weighted by atomic mass is 10.2. The molecule has 0 fully saturated rings. The van der Waals surface area contributed by atoms with Gasteiger partial charge in [0.2, 0.25) is 0 Å². The Kier molecular flexibility index (Phi) is 8.17. The Hall–Kier alpha value is -3.69. The second kappa shape index (κ2) is 11.3. The highest BCUT2D eigenvalue weighted by atomic mass is 17.1. The number of hydrogen-bond acceptors (Lipinski definition) is 10. The Morgan fingerprint density at radius 1 is 1.36 bits per heavy atom. The smallest absolute Gasteiger partial charge is 0.351 e. The molecule has 14 nitrogen and oxygen atoms in total. The zero-order valence-corrected chi connectivity index (χ0v) is 17.5. The first kappa shape index (κ1) is 24.0. The molecule has 0 amide bonds. The van der Waals surface area contributed by atoms with Gasteiger partial charge in [0.1, 0.15) is 43.6 Å². The van der Waals surface area contributed by atoms with Crippen LogP contribution in [0.15, 0.2) is 41.8 Å². The second-order valence-corrected chi connectivity index (χ2v) is 6.73. The van der Waals surface area contributed by atoms with Crippen LogP contribution >= 0.6 is 0 Å². The molecule has 2 atom stereocenters. The van der Waals surface area contributed by atoms with Gasteiger partial charge in [0.25, 0.3) is 0 Å². The molecule has 0 bridgehead atoms. The molecule has 1 aliphatic rings. The summed E-state index contributed by atoms with van der Waals surface area (Å²) >= 11 is 0. The molecule has 0 saturated carbocycles. The average molecular weight is 465 g/mol. The lowest BCUT2D eigenvalue weighted by Gasteiger charge is -2.24. The van der Waals surface area contributed by atoms with Crippen LogP contribution in [0.2, 0.25) is 0 Å². The van der Waals surface area contributed by atoms with Crippen molar-refractivity contribution < 1.29 is 39.5 Å². The first-order chi connectivity index (χ1) is 16.0. The summed E-state index contributed by atoms with van der Waals surface area (Å²) in [5, 5.41) is 20.7. The maximum absolute atomic E-state index is 12.5. The number of guanidine groups is 1. The predicted octanol–water partition coefficient (Wildman–Crippen LogP) is -1.30. The van der Waals surface area contributed by atoms with E-state index in [4.69, 9.17) is 36.2 Å². The molecule has 2 heterocycles. The van der Waals surface area contributed by atoms with E-state index in [0.29, 0.717) is 23.7 Å². The molecule has 1 aliphatic heterocycles. The van der Waals surface area contributed by atoms with Crippen molar-refractivity contribution in [3.8, 4) is 17.2 Å². The summed E-state index contributed by atoms with van der Waals surface area (Å²) in [6.45, 7) is 3.51. The fourth-order valence-corrected chi connectivity index (χ4v) is 2.91. The van der Waals surface area contributed by atoms with E-state index in [1.165, 1.54) is 12.3 Å². The summed E-state index contributed by atoms with van der Waals surface area (Å²) in [6.07, 6.45) is 0.690. The minimum absolute atomic E-state index is 0.0904. The quantitative estimate of drug-likeness (QED) is 0.0462. The van der Waals surface area contributed by atoms with E-state index in [2.05, 4.69) is 31.6 Å². The fraction of sp³-hybridized carbons (Fsp3) is 0.316. The summed E-state index contributed by atoms with van der Waals surface area (Å²) in [5.74, 6) is 1.49. The van der Waals surface area contributed by atoms with Gasteiger partial charge in [-0.2, -0.15) is 4.98 Å². The molecular weight excluding hydrogens is 440 g/mol. The van der Waals surface area contributed by atoms with Gasteiger partial charge in [-0.25, -0.2) is 14.6 Å². The molecule has 178 valence electrons. The molecule has 0 radical (unpaired) electrons. The SMILES string of the molecule is C=CC(OO)[C@@H](COO)OCn1cc2c(nc1=O)Nc1c(OCC[NH+]=C(N)N)cccc1O2. The van der Waals surface area contributed by atoms with E-state index >= 15 is 0 Å². The molecule has 0 spiro atoms. The number of nitrogens with zero attached hydrogens (tertiary/aromatic N) is 2. The van der Waals surface area contributed by atoms with Gasteiger partial charge < -0.3 is 19.5 Å². The van der Waals surface area contributed by atoms with Crippen LogP contribution in [0.1, 0.15) is 0 Å². The van der Waals surface area contributed by atoms with Crippen molar-refractivity contribution in [3.05, 3.63) is 47.5 Å². The number of anilines is 2. The number of benzene rings is 1. The number of para-hydroxylation sites is 1. The van der Waals surface area contributed by atoms with Crippen LogP contribution in [0.5, 0.6) is 17.2 Å². The zero-order chi connectivity index (χ0) is 23.8. The lowest BCUT2D eigenvalue weighted by molar-refractivity contribution is -0.461. The molecule has 8 N–H and O–H groups in total. The summed E-state index contributed by atoms with van der Waals surface area (Å²) in [6, 6.07) is 5.19. The second-order valence-electron chi connectivity index (χ2n) is 6.73. The minimum atomic E-state index is -1.00. The van der Waals surface area contributed by atoms with Gasteiger partial charge in [0, 0.05) is 0 Å². The summed E-state index contributed by atoms with van der Waals surface area (Å²) in [5.41, 5.74) is 10.6. The molecule has 1 unspecified atom stereocenters.